The van der Waals surface area contributed by atoms with Crippen LogP contribution in [-0.4, -0.2) is 83.2 Å². The summed E-state index contributed by atoms with van der Waals surface area (Å²) in [6.07, 6.45) is 5.35. The Bertz CT molecular complexity index is 1450. The Morgan fingerprint density at radius 3 is 2.60 bits per heavy atom. The number of likely N-dealkylation sites (N-methyl/N-ethyl adjacent to an activating group) is 1. The number of piperazine rings is 1. The van der Waals surface area contributed by atoms with E-state index in [4.69, 9.17) is 26.3 Å². The van der Waals surface area contributed by atoms with E-state index < -0.39 is 5.82 Å². The lowest BCUT2D eigenvalue weighted by Gasteiger charge is -2.35. The molecule has 8 nitrogen and oxygen atoms in total. The maximum absolute atomic E-state index is 15.2. The number of phenols is 1. The van der Waals surface area contributed by atoms with Crippen molar-refractivity contribution in [1.29, 1.82) is 0 Å². The lowest BCUT2D eigenvalue weighted by atomic mass is 9.92. The summed E-state index contributed by atoms with van der Waals surface area (Å²) in [6, 6.07) is 6.60. The first kappa shape index (κ1) is 26.8. The van der Waals surface area contributed by atoms with Crippen molar-refractivity contribution in [1.82, 2.24) is 19.8 Å². The van der Waals surface area contributed by atoms with Crippen molar-refractivity contribution in [3.05, 3.63) is 53.3 Å². The van der Waals surface area contributed by atoms with E-state index in [9.17, 15) is 9.90 Å². The van der Waals surface area contributed by atoms with Crippen LogP contribution in [0.4, 0.5) is 10.2 Å². The number of nitrogens with zero attached hydrogens (tertiary/aromatic N) is 5. The number of fused-ring (bicyclic) bond motifs is 1. The van der Waals surface area contributed by atoms with Crippen LogP contribution in [0.1, 0.15) is 37.2 Å². The third-order valence-corrected chi connectivity index (χ3v) is 8.61. The van der Waals surface area contributed by atoms with Crippen LogP contribution < -0.4 is 9.64 Å². The normalized spacial score (nSPS) is 19.8. The molecule has 6 rings (SSSR count). The van der Waals surface area contributed by atoms with Crippen molar-refractivity contribution >= 4 is 34.2 Å². The zero-order valence-electron chi connectivity index (χ0n) is 22.6. The first-order chi connectivity index (χ1) is 19.4. The number of aromatic nitrogens is 2. The minimum atomic E-state index is -0.541. The fourth-order valence-corrected chi connectivity index (χ4v) is 6.24. The molecule has 0 bridgehead atoms. The van der Waals surface area contributed by atoms with E-state index in [1.54, 1.807) is 11.0 Å². The second kappa shape index (κ2) is 10.9. The third-order valence-electron chi connectivity index (χ3n) is 8.31. The van der Waals surface area contributed by atoms with Crippen molar-refractivity contribution in [3.63, 3.8) is 0 Å². The zero-order valence-corrected chi connectivity index (χ0v) is 23.3. The molecule has 3 heterocycles. The number of ether oxygens (including phenoxy) is 1. The van der Waals surface area contributed by atoms with Crippen LogP contribution in [0.25, 0.3) is 22.0 Å². The van der Waals surface area contributed by atoms with E-state index >= 15 is 4.39 Å². The van der Waals surface area contributed by atoms with Crippen molar-refractivity contribution in [2.45, 2.75) is 37.6 Å². The van der Waals surface area contributed by atoms with Gasteiger partial charge in [0.15, 0.2) is 0 Å². The molecule has 0 spiro atoms. The van der Waals surface area contributed by atoms with E-state index in [0.717, 1.165) is 43.2 Å². The fourth-order valence-electron chi connectivity index (χ4n) is 5.94. The summed E-state index contributed by atoms with van der Waals surface area (Å²) in [6.45, 7) is 7.32. The molecule has 3 aliphatic rings. The molecule has 0 radical (unpaired) electrons. The van der Waals surface area contributed by atoms with Gasteiger partial charge in [-0.15, -0.1) is 0 Å². The molecular weight excluding hydrogens is 533 g/mol. The molecule has 3 aromatic rings. The largest absolute Gasteiger partial charge is 0.507 e. The van der Waals surface area contributed by atoms with Crippen molar-refractivity contribution < 1.29 is 19.0 Å². The molecule has 1 N–H and O–H groups in total. The van der Waals surface area contributed by atoms with E-state index in [2.05, 4.69) is 23.4 Å². The van der Waals surface area contributed by atoms with Crippen LogP contribution in [-0.2, 0) is 4.79 Å². The summed E-state index contributed by atoms with van der Waals surface area (Å²) in [5.41, 5.74) is 2.03. The average Bonchev–Trinajstić information content (AvgIpc) is 3.71. The highest BCUT2D eigenvalue weighted by atomic mass is 35.5. The SMILES string of the molecule is C=CC(=O)N1CCN(c2nc(OC[C@@H]3CCCN3C)nc3c(C4CC4)c(-c4c(O)cccc4F)c(Cl)cc23)CC1. The van der Waals surface area contributed by atoms with Gasteiger partial charge in [0.1, 0.15) is 24.0 Å². The molecule has 1 saturated carbocycles. The minimum absolute atomic E-state index is 0.0862. The number of hydrogen-bond acceptors (Lipinski definition) is 7. The monoisotopic (exact) mass is 565 g/mol. The number of carbonyl (C=O) groups is 1. The quantitative estimate of drug-likeness (QED) is 0.405. The molecule has 10 heteroatoms. The number of hydrogen-bond donors (Lipinski definition) is 1. The Labute approximate surface area is 238 Å². The van der Waals surface area contributed by atoms with E-state index in [1.807, 2.05) is 0 Å². The van der Waals surface area contributed by atoms with Gasteiger partial charge in [0.2, 0.25) is 5.91 Å². The molecular formula is C30H33ClFN5O3. The number of carbonyl (C=O) groups excluding carboxylic acids is 1. The predicted octanol–water partition coefficient (Wildman–Crippen LogP) is 4.98. The molecule has 0 unspecified atom stereocenters. The number of anilines is 1. The lowest BCUT2D eigenvalue weighted by Crippen LogP contribution is -2.48. The standard InChI is InChI=1S/C30H33ClFN5O3/c1-3-24(39)36-12-14-37(15-13-36)29-20-16-21(31)26(27-22(32)7-4-8-23(27)38)25(18-9-10-18)28(20)33-30(34-29)40-17-19-6-5-11-35(19)2/h3-4,7-8,16,18-19,38H,1,5-6,9-15,17H2,2H3/t19-/m0/s1. The van der Waals surface area contributed by atoms with Crippen LogP contribution in [0.2, 0.25) is 5.02 Å². The second-order valence-electron chi connectivity index (χ2n) is 10.9. The number of halogens is 2. The maximum atomic E-state index is 15.2. The molecule has 2 aromatic carbocycles. The molecule has 1 atom stereocenters. The summed E-state index contributed by atoms with van der Waals surface area (Å²) >= 11 is 6.90. The van der Waals surface area contributed by atoms with Crippen molar-refractivity contribution in [2.24, 2.45) is 0 Å². The van der Waals surface area contributed by atoms with Crippen molar-refractivity contribution in [3.8, 4) is 22.9 Å². The smallest absolute Gasteiger partial charge is 0.319 e. The van der Waals surface area contributed by atoms with Crippen LogP contribution >= 0.6 is 11.6 Å². The van der Waals surface area contributed by atoms with Gasteiger partial charge in [-0.2, -0.15) is 9.97 Å². The zero-order chi connectivity index (χ0) is 28.0. The van der Waals surface area contributed by atoms with E-state index in [0.29, 0.717) is 54.7 Å². The number of benzene rings is 2. The van der Waals surface area contributed by atoms with E-state index in [1.165, 1.54) is 24.3 Å². The number of amides is 1. The third kappa shape index (κ3) is 4.97. The summed E-state index contributed by atoms with van der Waals surface area (Å²) in [7, 11) is 2.10. The summed E-state index contributed by atoms with van der Waals surface area (Å²) in [5, 5.41) is 11.8. The Morgan fingerprint density at radius 2 is 1.95 bits per heavy atom. The van der Waals surface area contributed by atoms with Crippen LogP contribution in [0.5, 0.6) is 11.8 Å². The van der Waals surface area contributed by atoms with Crippen LogP contribution in [0.3, 0.4) is 0 Å². The first-order valence-electron chi connectivity index (χ1n) is 13.9. The summed E-state index contributed by atoms with van der Waals surface area (Å²) in [4.78, 5) is 28.1. The highest BCUT2D eigenvalue weighted by Crippen LogP contribution is 2.52. The Morgan fingerprint density at radius 1 is 1.18 bits per heavy atom. The molecule has 210 valence electrons. The van der Waals surface area contributed by atoms with E-state index in [-0.39, 0.29) is 35.2 Å². The molecule has 3 fully saturated rings. The maximum Gasteiger partial charge on any atom is 0.319 e. The topological polar surface area (TPSA) is 82.0 Å². The van der Waals surface area contributed by atoms with Gasteiger partial charge in [-0.25, -0.2) is 4.39 Å². The Balaban J connectivity index is 1.49. The molecule has 1 amide bonds. The van der Waals surface area contributed by atoms with Gasteiger partial charge in [0, 0.05) is 48.2 Å². The van der Waals surface area contributed by atoms with Gasteiger partial charge >= 0.3 is 6.01 Å². The second-order valence-corrected chi connectivity index (χ2v) is 11.3. The lowest BCUT2D eigenvalue weighted by molar-refractivity contribution is -0.126. The van der Waals surface area contributed by atoms with Gasteiger partial charge in [-0.3, -0.25) is 4.79 Å². The minimum Gasteiger partial charge on any atom is -0.507 e. The molecule has 40 heavy (non-hydrogen) atoms. The van der Waals surface area contributed by atoms with Gasteiger partial charge in [-0.1, -0.05) is 24.2 Å². The Hall–Kier alpha value is -3.43. The van der Waals surface area contributed by atoms with Gasteiger partial charge < -0.3 is 24.5 Å². The molecule has 1 aromatic heterocycles. The van der Waals surface area contributed by atoms with Gasteiger partial charge in [0.25, 0.3) is 0 Å². The fraction of sp³-hybridized carbons (Fsp3) is 0.433. The molecule has 1 aliphatic carbocycles. The van der Waals surface area contributed by atoms with Gasteiger partial charge in [0.05, 0.1) is 11.1 Å². The molecule has 2 saturated heterocycles. The summed E-state index contributed by atoms with van der Waals surface area (Å²) in [5.74, 6) is 0.0140. The van der Waals surface area contributed by atoms with Gasteiger partial charge in [-0.05, 0) is 75.0 Å². The number of aromatic hydroxyl groups is 1. The Kier molecular flexibility index (Phi) is 7.27. The highest BCUT2D eigenvalue weighted by Gasteiger charge is 2.34. The number of phenolic OH excluding ortho intramolecular Hbond substituents is 1. The molecule has 2 aliphatic heterocycles. The van der Waals surface area contributed by atoms with Crippen molar-refractivity contribution in [2.75, 3.05) is 51.3 Å². The average molecular weight is 566 g/mol. The van der Waals surface area contributed by atoms with Crippen LogP contribution in [0, 0.1) is 5.82 Å². The summed E-state index contributed by atoms with van der Waals surface area (Å²) < 4.78 is 21.4. The first-order valence-corrected chi connectivity index (χ1v) is 14.2. The number of likely N-dealkylation sites (tertiary alicyclic amines) is 1. The highest BCUT2D eigenvalue weighted by molar-refractivity contribution is 6.35. The predicted molar refractivity (Wildman–Crippen MR) is 154 cm³/mol. The number of rotatable bonds is 7. The van der Waals surface area contributed by atoms with Crippen LogP contribution in [0.15, 0.2) is 36.9 Å².